The van der Waals surface area contributed by atoms with E-state index in [-0.39, 0.29) is 12.2 Å². The Bertz CT molecular complexity index is 1730. The van der Waals surface area contributed by atoms with Crippen molar-refractivity contribution >= 4 is 11.7 Å². The van der Waals surface area contributed by atoms with Gasteiger partial charge in [-0.1, -0.05) is 36.4 Å². The molecule has 0 unspecified atom stereocenters. The SMILES string of the molecule is O=C(Nc1cccc(-c2nnc3n2CCCC3)n1)c1cc(-n2cnc(C3CC3)c2)c(OCc2ccccc2)cc1F. The quantitative estimate of drug-likeness (QED) is 0.266. The molecule has 0 radical (unpaired) electrons. The largest absolute Gasteiger partial charge is 0.487 e. The number of hydrogen-bond acceptors (Lipinski definition) is 6. The maximum atomic E-state index is 15.5. The number of pyridine rings is 1. The van der Waals surface area contributed by atoms with Crippen LogP contribution in [0.4, 0.5) is 10.2 Å². The topological polar surface area (TPSA) is 99.8 Å². The number of carbonyl (C=O) groups is 1. The molecule has 1 saturated carbocycles. The number of amides is 1. The van der Waals surface area contributed by atoms with Crippen LogP contribution in [-0.2, 0) is 19.6 Å². The van der Waals surface area contributed by atoms with Crippen molar-refractivity contribution in [2.45, 2.75) is 51.2 Å². The first-order valence-electron chi connectivity index (χ1n) is 13.9. The number of rotatable bonds is 8. The number of aromatic nitrogens is 6. The van der Waals surface area contributed by atoms with Crippen molar-refractivity contribution in [2.75, 3.05) is 5.32 Å². The number of fused-ring (bicyclic) bond motifs is 1. The van der Waals surface area contributed by atoms with E-state index < -0.39 is 11.7 Å². The van der Waals surface area contributed by atoms with Crippen molar-refractivity contribution in [3.63, 3.8) is 0 Å². The Morgan fingerprint density at radius 2 is 1.93 bits per heavy atom. The number of aryl methyl sites for hydroxylation is 1. The molecule has 0 saturated heterocycles. The van der Waals surface area contributed by atoms with E-state index in [0.29, 0.717) is 34.7 Å². The zero-order valence-electron chi connectivity index (χ0n) is 22.3. The molecule has 5 aromatic rings. The highest BCUT2D eigenvalue weighted by atomic mass is 19.1. The van der Waals surface area contributed by atoms with Crippen molar-refractivity contribution < 1.29 is 13.9 Å². The summed E-state index contributed by atoms with van der Waals surface area (Å²) in [5, 5.41) is 11.4. The minimum absolute atomic E-state index is 0.124. The van der Waals surface area contributed by atoms with Gasteiger partial charge in [0.05, 0.1) is 23.3 Å². The molecule has 206 valence electrons. The number of ether oxygens (including phenoxy) is 1. The van der Waals surface area contributed by atoms with Gasteiger partial charge in [-0.05, 0) is 49.4 Å². The smallest absolute Gasteiger partial charge is 0.259 e. The number of imidazole rings is 1. The second kappa shape index (κ2) is 10.6. The molecule has 1 aliphatic carbocycles. The lowest BCUT2D eigenvalue weighted by Crippen LogP contribution is -2.16. The maximum absolute atomic E-state index is 15.5. The average Bonchev–Trinajstić information content (AvgIpc) is 3.57. The van der Waals surface area contributed by atoms with E-state index in [1.54, 1.807) is 23.0 Å². The van der Waals surface area contributed by atoms with Gasteiger partial charge < -0.3 is 19.2 Å². The van der Waals surface area contributed by atoms with Gasteiger partial charge in [0.2, 0.25) is 0 Å². The van der Waals surface area contributed by atoms with Crippen LogP contribution in [0.3, 0.4) is 0 Å². The van der Waals surface area contributed by atoms with Crippen LogP contribution < -0.4 is 10.1 Å². The number of anilines is 1. The van der Waals surface area contributed by atoms with E-state index >= 15 is 4.39 Å². The van der Waals surface area contributed by atoms with Crippen LogP contribution in [0, 0.1) is 5.82 Å². The van der Waals surface area contributed by atoms with Gasteiger partial charge in [0.15, 0.2) is 5.82 Å². The van der Waals surface area contributed by atoms with Crippen molar-refractivity contribution in [1.82, 2.24) is 29.3 Å². The van der Waals surface area contributed by atoms with Crippen LogP contribution >= 0.6 is 0 Å². The van der Waals surface area contributed by atoms with E-state index in [0.717, 1.165) is 55.7 Å². The molecule has 1 amide bonds. The first kappa shape index (κ1) is 25.1. The van der Waals surface area contributed by atoms with Crippen molar-refractivity contribution in [3.05, 3.63) is 102 Å². The third-order valence-electron chi connectivity index (χ3n) is 7.49. The van der Waals surface area contributed by atoms with Gasteiger partial charge in [-0.15, -0.1) is 10.2 Å². The average molecular weight is 550 g/mol. The third kappa shape index (κ3) is 5.20. The molecule has 7 rings (SSSR count). The summed E-state index contributed by atoms with van der Waals surface area (Å²) in [4.78, 5) is 22.5. The Labute approximate surface area is 236 Å². The zero-order chi connectivity index (χ0) is 27.8. The fraction of sp³-hybridized carbons (Fsp3) is 0.258. The summed E-state index contributed by atoms with van der Waals surface area (Å²) >= 11 is 0. The molecular formula is C31H28FN7O2. The van der Waals surface area contributed by atoms with Gasteiger partial charge in [0, 0.05) is 31.1 Å². The van der Waals surface area contributed by atoms with E-state index in [2.05, 4.69) is 30.0 Å². The van der Waals surface area contributed by atoms with E-state index in [1.165, 1.54) is 12.1 Å². The normalized spacial score (nSPS) is 14.5. The molecule has 1 fully saturated rings. The highest BCUT2D eigenvalue weighted by molar-refractivity contribution is 6.04. The summed E-state index contributed by atoms with van der Waals surface area (Å²) in [6.07, 6.45) is 8.85. The van der Waals surface area contributed by atoms with Gasteiger partial charge in [0.1, 0.15) is 35.5 Å². The van der Waals surface area contributed by atoms with E-state index in [9.17, 15) is 4.79 Å². The fourth-order valence-electron chi connectivity index (χ4n) is 5.14. The van der Waals surface area contributed by atoms with Gasteiger partial charge in [-0.2, -0.15) is 0 Å². The number of hydrogen-bond donors (Lipinski definition) is 1. The van der Waals surface area contributed by atoms with Gasteiger partial charge >= 0.3 is 0 Å². The third-order valence-corrected chi connectivity index (χ3v) is 7.49. The van der Waals surface area contributed by atoms with Crippen molar-refractivity contribution in [2.24, 2.45) is 0 Å². The number of nitrogens with zero attached hydrogens (tertiary/aromatic N) is 6. The predicted octanol–water partition coefficient (Wildman–Crippen LogP) is 5.71. The minimum atomic E-state index is -0.695. The summed E-state index contributed by atoms with van der Waals surface area (Å²) in [6.45, 7) is 1.09. The lowest BCUT2D eigenvalue weighted by Gasteiger charge is -2.15. The monoisotopic (exact) mass is 549 g/mol. The number of halogens is 1. The molecule has 10 heteroatoms. The Morgan fingerprint density at radius 1 is 1.05 bits per heavy atom. The molecular weight excluding hydrogens is 521 g/mol. The van der Waals surface area contributed by atoms with Crippen molar-refractivity contribution in [1.29, 1.82) is 0 Å². The summed E-state index contributed by atoms with van der Waals surface area (Å²) < 4.78 is 25.4. The lowest BCUT2D eigenvalue weighted by molar-refractivity contribution is 0.102. The standard InChI is InChI=1S/C31H28FN7O2/c32-23-16-27(41-18-20-7-2-1-3-8-20)26(38-17-25(33-19-38)21-12-13-21)15-22(23)31(40)35-28-10-6-9-24(34-28)30-37-36-29-11-4-5-14-39(29)30/h1-3,6-10,15-17,19,21H,4-5,11-14,18H2,(H,34,35,40). The summed E-state index contributed by atoms with van der Waals surface area (Å²) in [5.41, 5.74) is 2.93. The predicted molar refractivity (Wildman–Crippen MR) is 150 cm³/mol. The second-order valence-electron chi connectivity index (χ2n) is 10.5. The molecule has 0 spiro atoms. The number of carbonyl (C=O) groups excluding carboxylic acids is 1. The van der Waals surface area contributed by atoms with Gasteiger partial charge in [-0.3, -0.25) is 4.79 Å². The second-order valence-corrected chi connectivity index (χ2v) is 10.5. The minimum Gasteiger partial charge on any atom is -0.487 e. The summed E-state index contributed by atoms with van der Waals surface area (Å²) in [5.74, 6) is 1.35. The highest BCUT2D eigenvalue weighted by Gasteiger charge is 2.27. The molecule has 1 N–H and O–H groups in total. The molecule has 9 nitrogen and oxygen atoms in total. The van der Waals surface area contributed by atoms with Crippen LogP contribution in [-0.4, -0.2) is 35.2 Å². The summed E-state index contributed by atoms with van der Waals surface area (Å²) in [6, 6.07) is 17.7. The van der Waals surface area contributed by atoms with Gasteiger partial charge in [-0.25, -0.2) is 14.4 Å². The molecule has 0 bridgehead atoms. The summed E-state index contributed by atoms with van der Waals surface area (Å²) in [7, 11) is 0. The number of nitrogens with one attached hydrogen (secondary N) is 1. The Hall–Kier alpha value is -4.86. The Balaban J connectivity index is 1.18. The fourth-order valence-corrected chi connectivity index (χ4v) is 5.14. The molecule has 0 atom stereocenters. The van der Waals surface area contributed by atoms with Crippen LogP contribution in [0.15, 0.2) is 73.2 Å². The molecule has 3 aromatic heterocycles. The van der Waals surface area contributed by atoms with Crippen LogP contribution in [0.25, 0.3) is 17.2 Å². The first-order valence-corrected chi connectivity index (χ1v) is 13.9. The lowest BCUT2D eigenvalue weighted by atomic mass is 10.1. The van der Waals surface area contributed by atoms with E-state index in [1.807, 2.05) is 42.6 Å². The maximum Gasteiger partial charge on any atom is 0.259 e. The molecule has 2 aliphatic rings. The van der Waals surface area contributed by atoms with Crippen LogP contribution in [0.2, 0.25) is 0 Å². The van der Waals surface area contributed by atoms with Crippen LogP contribution in [0.1, 0.15) is 59.0 Å². The Kier molecular flexibility index (Phi) is 6.50. The molecule has 1 aliphatic heterocycles. The Morgan fingerprint density at radius 3 is 2.78 bits per heavy atom. The first-order chi connectivity index (χ1) is 20.1. The molecule has 4 heterocycles. The number of benzene rings is 2. The van der Waals surface area contributed by atoms with Crippen molar-refractivity contribution in [3.8, 4) is 23.0 Å². The molecule has 41 heavy (non-hydrogen) atoms. The molecule has 2 aromatic carbocycles. The van der Waals surface area contributed by atoms with Gasteiger partial charge in [0.25, 0.3) is 5.91 Å². The van der Waals surface area contributed by atoms with Crippen LogP contribution in [0.5, 0.6) is 5.75 Å². The highest BCUT2D eigenvalue weighted by Crippen LogP contribution is 2.39. The zero-order valence-corrected chi connectivity index (χ0v) is 22.3. The van der Waals surface area contributed by atoms with E-state index in [4.69, 9.17) is 4.74 Å².